The molecule has 0 fully saturated rings. The number of H-pyrrole nitrogens is 1. The van der Waals surface area contributed by atoms with Gasteiger partial charge in [-0.1, -0.05) is 21.1 Å². The number of nitrogens with one attached hydrogen (secondary N) is 1. The Morgan fingerprint density at radius 1 is 1.45 bits per heavy atom. The third kappa shape index (κ3) is 1.03. The van der Waals surface area contributed by atoms with Crippen molar-refractivity contribution in [2.24, 2.45) is 0 Å². The second-order valence-electron chi connectivity index (χ2n) is 2.43. The standard InChI is InChI=1S/C7H6BrN3/c1-4-2-6-7(3-5(4)8)10-11-9-6/h2-3H,1H3,(H,9,10,11). The van der Waals surface area contributed by atoms with Crippen molar-refractivity contribution in [1.82, 2.24) is 15.4 Å². The lowest BCUT2D eigenvalue weighted by atomic mass is 10.2. The van der Waals surface area contributed by atoms with Crippen molar-refractivity contribution in [2.75, 3.05) is 0 Å². The first-order valence-corrected chi connectivity index (χ1v) is 4.03. The molecule has 3 nitrogen and oxygen atoms in total. The van der Waals surface area contributed by atoms with E-state index in [-0.39, 0.29) is 0 Å². The van der Waals surface area contributed by atoms with Crippen LogP contribution in [0.2, 0.25) is 0 Å². The van der Waals surface area contributed by atoms with Crippen LogP contribution < -0.4 is 0 Å². The van der Waals surface area contributed by atoms with E-state index < -0.39 is 0 Å². The Hall–Kier alpha value is -0.900. The maximum Gasteiger partial charge on any atom is 0.114 e. The lowest BCUT2D eigenvalue weighted by Gasteiger charge is -1.94. The highest BCUT2D eigenvalue weighted by molar-refractivity contribution is 9.10. The number of aromatic nitrogens is 3. The third-order valence-corrected chi connectivity index (χ3v) is 2.46. The van der Waals surface area contributed by atoms with E-state index in [2.05, 4.69) is 31.3 Å². The summed E-state index contributed by atoms with van der Waals surface area (Å²) in [6, 6.07) is 3.97. The van der Waals surface area contributed by atoms with Gasteiger partial charge in [0.05, 0.1) is 5.52 Å². The predicted molar refractivity (Wildman–Crippen MR) is 46.3 cm³/mol. The summed E-state index contributed by atoms with van der Waals surface area (Å²) >= 11 is 3.42. The van der Waals surface area contributed by atoms with Crippen LogP contribution >= 0.6 is 15.9 Å². The number of halogens is 1. The van der Waals surface area contributed by atoms with E-state index >= 15 is 0 Å². The summed E-state index contributed by atoms with van der Waals surface area (Å²) in [6.45, 7) is 2.03. The van der Waals surface area contributed by atoms with Crippen LogP contribution in [0.15, 0.2) is 16.6 Å². The van der Waals surface area contributed by atoms with Crippen LogP contribution in [-0.4, -0.2) is 15.4 Å². The molecule has 0 atom stereocenters. The third-order valence-electron chi connectivity index (χ3n) is 1.61. The number of hydrogen-bond donors (Lipinski definition) is 1. The molecule has 0 aliphatic heterocycles. The van der Waals surface area contributed by atoms with Crippen molar-refractivity contribution in [1.29, 1.82) is 0 Å². The Balaban J connectivity index is 2.86. The van der Waals surface area contributed by atoms with E-state index in [9.17, 15) is 0 Å². The molecule has 0 spiro atoms. The molecule has 1 aromatic carbocycles. The fourth-order valence-corrected chi connectivity index (χ4v) is 1.31. The van der Waals surface area contributed by atoms with Crippen LogP contribution in [0.1, 0.15) is 5.56 Å². The number of fused-ring (bicyclic) bond motifs is 1. The van der Waals surface area contributed by atoms with Gasteiger partial charge in [0.1, 0.15) is 5.52 Å². The minimum atomic E-state index is 0.891. The number of rotatable bonds is 0. The average molecular weight is 212 g/mol. The Kier molecular flexibility index (Phi) is 1.42. The van der Waals surface area contributed by atoms with Gasteiger partial charge < -0.3 is 0 Å². The molecule has 2 aromatic rings. The highest BCUT2D eigenvalue weighted by Crippen LogP contribution is 2.20. The molecule has 0 saturated heterocycles. The summed E-state index contributed by atoms with van der Waals surface area (Å²) < 4.78 is 1.07. The zero-order chi connectivity index (χ0) is 7.84. The van der Waals surface area contributed by atoms with Gasteiger partial charge in [0.2, 0.25) is 0 Å². The van der Waals surface area contributed by atoms with Crippen LogP contribution in [0, 0.1) is 6.92 Å². The van der Waals surface area contributed by atoms with Crippen LogP contribution in [0.3, 0.4) is 0 Å². The van der Waals surface area contributed by atoms with Crippen molar-refractivity contribution in [3.05, 3.63) is 22.2 Å². The smallest absolute Gasteiger partial charge is 0.114 e. The molecule has 2 rings (SSSR count). The number of aryl methyl sites for hydroxylation is 1. The minimum absolute atomic E-state index is 0.891. The van der Waals surface area contributed by atoms with E-state index in [1.165, 1.54) is 5.56 Å². The van der Waals surface area contributed by atoms with Crippen molar-refractivity contribution in [2.45, 2.75) is 6.92 Å². The van der Waals surface area contributed by atoms with E-state index in [1.54, 1.807) is 0 Å². The molecule has 0 saturated carbocycles. The highest BCUT2D eigenvalue weighted by Gasteiger charge is 2.00. The van der Waals surface area contributed by atoms with Gasteiger partial charge in [-0.2, -0.15) is 0 Å². The summed E-state index contributed by atoms with van der Waals surface area (Å²) in [5.41, 5.74) is 3.05. The topological polar surface area (TPSA) is 41.6 Å². The quantitative estimate of drug-likeness (QED) is 0.725. The molecule has 56 valence electrons. The fraction of sp³-hybridized carbons (Fsp3) is 0.143. The van der Waals surface area contributed by atoms with Gasteiger partial charge >= 0.3 is 0 Å². The van der Waals surface area contributed by atoms with E-state index in [1.807, 2.05) is 19.1 Å². The molecular weight excluding hydrogens is 206 g/mol. The van der Waals surface area contributed by atoms with Gasteiger partial charge in [0.15, 0.2) is 0 Å². The molecule has 11 heavy (non-hydrogen) atoms. The van der Waals surface area contributed by atoms with E-state index in [4.69, 9.17) is 0 Å². The Labute approximate surface area is 71.9 Å². The molecular formula is C7H6BrN3. The van der Waals surface area contributed by atoms with E-state index in [0.717, 1.165) is 15.5 Å². The summed E-state index contributed by atoms with van der Waals surface area (Å²) in [6.07, 6.45) is 0. The van der Waals surface area contributed by atoms with Gasteiger partial charge in [-0.15, -0.1) is 5.10 Å². The van der Waals surface area contributed by atoms with Crippen molar-refractivity contribution >= 4 is 27.0 Å². The number of nitrogens with zero attached hydrogens (tertiary/aromatic N) is 2. The van der Waals surface area contributed by atoms with Gasteiger partial charge in [-0.25, -0.2) is 0 Å². The molecule has 0 radical (unpaired) electrons. The van der Waals surface area contributed by atoms with Gasteiger partial charge in [0, 0.05) is 4.47 Å². The molecule has 4 heteroatoms. The number of hydrogen-bond acceptors (Lipinski definition) is 2. The zero-order valence-electron chi connectivity index (χ0n) is 5.93. The van der Waals surface area contributed by atoms with Gasteiger partial charge in [0.25, 0.3) is 0 Å². The fourth-order valence-electron chi connectivity index (χ4n) is 0.976. The average Bonchev–Trinajstić information content (AvgIpc) is 2.36. The first kappa shape index (κ1) is 6.79. The molecule has 1 heterocycles. The van der Waals surface area contributed by atoms with Gasteiger partial charge in [-0.3, -0.25) is 5.10 Å². The highest BCUT2D eigenvalue weighted by atomic mass is 79.9. The lowest BCUT2D eigenvalue weighted by molar-refractivity contribution is 0.959. The Bertz CT molecular complexity index is 357. The Morgan fingerprint density at radius 3 is 3.09 bits per heavy atom. The molecule has 1 N–H and O–H groups in total. The number of benzene rings is 1. The summed E-state index contributed by atoms with van der Waals surface area (Å²) in [4.78, 5) is 0. The van der Waals surface area contributed by atoms with Crippen molar-refractivity contribution in [3.8, 4) is 0 Å². The molecule has 0 amide bonds. The first-order chi connectivity index (χ1) is 5.27. The lowest BCUT2D eigenvalue weighted by Crippen LogP contribution is -1.75. The molecule has 0 aliphatic carbocycles. The largest absolute Gasteiger partial charge is 0.258 e. The molecule has 1 aromatic heterocycles. The SMILES string of the molecule is Cc1cc2[nH]nnc2cc1Br. The zero-order valence-corrected chi connectivity index (χ0v) is 7.51. The minimum Gasteiger partial charge on any atom is -0.258 e. The van der Waals surface area contributed by atoms with E-state index in [0.29, 0.717) is 0 Å². The summed E-state index contributed by atoms with van der Waals surface area (Å²) in [5, 5.41) is 10.4. The maximum atomic E-state index is 3.89. The van der Waals surface area contributed by atoms with Crippen LogP contribution in [0.5, 0.6) is 0 Å². The second-order valence-corrected chi connectivity index (χ2v) is 3.28. The van der Waals surface area contributed by atoms with Crippen LogP contribution in [0.25, 0.3) is 11.0 Å². The maximum absolute atomic E-state index is 3.89. The second kappa shape index (κ2) is 2.30. The summed E-state index contributed by atoms with van der Waals surface area (Å²) in [7, 11) is 0. The van der Waals surface area contributed by atoms with Crippen molar-refractivity contribution < 1.29 is 0 Å². The summed E-state index contributed by atoms with van der Waals surface area (Å²) in [5.74, 6) is 0. The molecule has 0 unspecified atom stereocenters. The monoisotopic (exact) mass is 211 g/mol. The van der Waals surface area contributed by atoms with Gasteiger partial charge in [-0.05, 0) is 24.6 Å². The van der Waals surface area contributed by atoms with Crippen LogP contribution in [0.4, 0.5) is 0 Å². The van der Waals surface area contributed by atoms with Crippen LogP contribution in [-0.2, 0) is 0 Å². The Morgan fingerprint density at radius 2 is 2.27 bits per heavy atom. The molecule has 0 aliphatic rings. The molecule has 0 bridgehead atoms. The number of aromatic amines is 1. The normalized spacial score (nSPS) is 10.7. The first-order valence-electron chi connectivity index (χ1n) is 3.24. The van der Waals surface area contributed by atoms with Crippen molar-refractivity contribution in [3.63, 3.8) is 0 Å². The predicted octanol–water partition coefficient (Wildman–Crippen LogP) is 2.03.